The van der Waals surface area contributed by atoms with Gasteiger partial charge in [-0.2, -0.15) is 5.26 Å². The molecule has 0 saturated heterocycles. The maximum Gasteiger partial charge on any atom is 0.0994 e. The molecule has 4 heteroatoms. The molecule has 0 unspecified atom stereocenters. The van der Waals surface area contributed by atoms with Gasteiger partial charge in [0.2, 0.25) is 0 Å². The van der Waals surface area contributed by atoms with E-state index in [0.717, 1.165) is 29.7 Å². The van der Waals surface area contributed by atoms with Gasteiger partial charge in [0, 0.05) is 46.0 Å². The molecule has 3 heterocycles. The number of anilines is 1. The first kappa shape index (κ1) is 19.2. The maximum atomic E-state index is 9.67. The molecule has 0 spiro atoms. The lowest BCUT2D eigenvalue weighted by Gasteiger charge is -2.34. The molecule has 4 nitrogen and oxygen atoms in total. The van der Waals surface area contributed by atoms with E-state index in [1.165, 1.54) is 59.7 Å². The number of benzene rings is 1. The summed E-state index contributed by atoms with van der Waals surface area (Å²) in [6.45, 7) is 6.55. The summed E-state index contributed by atoms with van der Waals surface area (Å²) in [6, 6.07) is 7.25. The van der Waals surface area contributed by atoms with Gasteiger partial charge in [-0.3, -0.25) is 4.98 Å². The molecule has 30 heavy (non-hydrogen) atoms. The van der Waals surface area contributed by atoms with Crippen LogP contribution in [0.25, 0.3) is 22.0 Å². The van der Waals surface area contributed by atoms with Crippen LogP contribution in [0.5, 0.6) is 0 Å². The monoisotopic (exact) mass is 398 g/mol. The standard InChI is InChI=1S/C26H30N4/c1-17-11-25-21(12-18(17)13-27)23(16-30(25)19-7-5-4-6-8-19)22-14-28-15-24-20(22)9-10-26(2,3)29-24/h11-12,14-16,19,29H,4-10H2,1-3H3. The topological polar surface area (TPSA) is 53.6 Å². The predicted molar refractivity (Wildman–Crippen MR) is 123 cm³/mol. The first-order chi connectivity index (χ1) is 14.5. The summed E-state index contributed by atoms with van der Waals surface area (Å²) in [6.07, 6.45) is 14.9. The molecule has 1 aromatic carbocycles. The molecule has 0 atom stereocenters. The van der Waals surface area contributed by atoms with Crippen LogP contribution in [0, 0.1) is 18.3 Å². The lowest BCUT2D eigenvalue weighted by Crippen LogP contribution is -2.35. The van der Waals surface area contributed by atoms with Gasteiger partial charge in [-0.15, -0.1) is 0 Å². The number of hydrogen-bond donors (Lipinski definition) is 1. The summed E-state index contributed by atoms with van der Waals surface area (Å²) in [4.78, 5) is 4.59. The molecule has 2 aliphatic rings. The van der Waals surface area contributed by atoms with Gasteiger partial charge in [-0.25, -0.2) is 0 Å². The summed E-state index contributed by atoms with van der Waals surface area (Å²) in [5, 5.41) is 14.5. The molecule has 2 aromatic heterocycles. The summed E-state index contributed by atoms with van der Waals surface area (Å²) in [5.74, 6) is 0. The van der Waals surface area contributed by atoms with Gasteiger partial charge in [0.25, 0.3) is 0 Å². The van der Waals surface area contributed by atoms with E-state index in [0.29, 0.717) is 6.04 Å². The second-order valence-corrected chi connectivity index (χ2v) is 9.76. The van der Waals surface area contributed by atoms with Crippen molar-refractivity contribution in [3.05, 3.63) is 47.4 Å². The van der Waals surface area contributed by atoms with Crippen LogP contribution in [0.2, 0.25) is 0 Å². The Balaban J connectivity index is 1.73. The third-order valence-corrected chi connectivity index (χ3v) is 7.09. The van der Waals surface area contributed by atoms with E-state index < -0.39 is 0 Å². The molecule has 1 aliphatic heterocycles. The van der Waals surface area contributed by atoms with E-state index in [9.17, 15) is 5.26 Å². The van der Waals surface area contributed by atoms with Crippen LogP contribution in [-0.2, 0) is 6.42 Å². The van der Waals surface area contributed by atoms with Crippen molar-refractivity contribution in [3.8, 4) is 17.2 Å². The van der Waals surface area contributed by atoms with Crippen molar-refractivity contribution in [3.63, 3.8) is 0 Å². The second-order valence-electron chi connectivity index (χ2n) is 9.76. The first-order valence-corrected chi connectivity index (χ1v) is 11.3. The summed E-state index contributed by atoms with van der Waals surface area (Å²) in [7, 11) is 0. The van der Waals surface area contributed by atoms with E-state index in [-0.39, 0.29) is 5.54 Å². The van der Waals surface area contributed by atoms with Gasteiger partial charge >= 0.3 is 0 Å². The van der Waals surface area contributed by atoms with Crippen molar-refractivity contribution in [2.24, 2.45) is 0 Å². The van der Waals surface area contributed by atoms with Crippen molar-refractivity contribution in [1.29, 1.82) is 5.26 Å². The van der Waals surface area contributed by atoms with Gasteiger partial charge < -0.3 is 9.88 Å². The molecule has 0 radical (unpaired) electrons. The largest absolute Gasteiger partial charge is 0.379 e. The number of nitriles is 1. The summed E-state index contributed by atoms with van der Waals surface area (Å²) < 4.78 is 2.50. The quantitative estimate of drug-likeness (QED) is 0.534. The minimum Gasteiger partial charge on any atom is -0.379 e. The molecule has 1 N–H and O–H groups in total. The maximum absolute atomic E-state index is 9.67. The Morgan fingerprint density at radius 2 is 1.93 bits per heavy atom. The number of nitrogens with zero attached hydrogens (tertiary/aromatic N) is 3. The summed E-state index contributed by atoms with van der Waals surface area (Å²) in [5.41, 5.74) is 8.11. The van der Waals surface area contributed by atoms with Crippen LogP contribution in [0.3, 0.4) is 0 Å². The van der Waals surface area contributed by atoms with Crippen LogP contribution in [0.15, 0.2) is 30.7 Å². The van der Waals surface area contributed by atoms with Crippen molar-refractivity contribution < 1.29 is 0 Å². The van der Waals surface area contributed by atoms with Gasteiger partial charge in [0.05, 0.1) is 23.5 Å². The van der Waals surface area contributed by atoms with E-state index >= 15 is 0 Å². The van der Waals surface area contributed by atoms with Gasteiger partial charge in [0.15, 0.2) is 0 Å². The summed E-state index contributed by atoms with van der Waals surface area (Å²) >= 11 is 0. The van der Waals surface area contributed by atoms with Crippen LogP contribution >= 0.6 is 0 Å². The molecular weight excluding hydrogens is 368 g/mol. The fourth-order valence-electron chi connectivity index (χ4n) is 5.36. The van der Waals surface area contributed by atoms with Crippen molar-refractivity contribution in [1.82, 2.24) is 9.55 Å². The van der Waals surface area contributed by atoms with Gasteiger partial charge in [0.1, 0.15) is 0 Å². The zero-order chi connectivity index (χ0) is 20.9. The number of rotatable bonds is 2. The van der Waals surface area contributed by atoms with Crippen LogP contribution in [0.4, 0.5) is 5.69 Å². The number of nitrogens with one attached hydrogen (secondary N) is 1. The SMILES string of the molecule is Cc1cc2c(cc1C#N)c(-c1cncc3c1CCC(C)(C)N3)cn2C1CCCCC1. The third-order valence-electron chi connectivity index (χ3n) is 7.09. The average Bonchev–Trinajstić information content (AvgIpc) is 3.10. The van der Waals surface area contributed by atoms with Crippen LogP contribution in [-0.4, -0.2) is 15.1 Å². The van der Waals surface area contributed by atoms with Crippen LogP contribution in [0.1, 0.15) is 75.1 Å². The smallest absolute Gasteiger partial charge is 0.0994 e. The van der Waals surface area contributed by atoms with E-state index in [2.05, 4.69) is 53.1 Å². The number of aromatic nitrogens is 2. The number of aryl methyl sites for hydroxylation is 1. The average molecular weight is 399 g/mol. The third kappa shape index (κ3) is 3.17. The van der Waals surface area contributed by atoms with Crippen molar-refractivity contribution >= 4 is 16.6 Å². The highest BCUT2D eigenvalue weighted by Gasteiger charge is 2.28. The van der Waals surface area contributed by atoms with Crippen molar-refractivity contribution in [2.75, 3.05) is 5.32 Å². The van der Waals surface area contributed by atoms with E-state index in [1.807, 2.05) is 19.3 Å². The number of pyridine rings is 1. The highest BCUT2D eigenvalue weighted by molar-refractivity contribution is 5.99. The fourth-order valence-corrected chi connectivity index (χ4v) is 5.36. The minimum absolute atomic E-state index is 0.0918. The second kappa shape index (κ2) is 7.16. The van der Waals surface area contributed by atoms with E-state index in [4.69, 9.17) is 0 Å². The molecule has 154 valence electrons. The Hall–Kier alpha value is -2.80. The van der Waals surface area contributed by atoms with Gasteiger partial charge in [-0.1, -0.05) is 19.3 Å². The van der Waals surface area contributed by atoms with Crippen LogP contribution < -0.4 is 5.32 Å². The molecule has 3 aromatic rings. The Morgan fingerprint density at radius 3 is 2.70 bits per heavy atom. The molecular formula is C26H30N4. The molecule has 5 rings (SSSR count). The highest BCUT2D eigenvalue weighted by Crippen LogP contribution is 2.42. The molecule has 0 bridgehead atoms. The van der Waals surface area contributed by atoms with E-state index in [1.54, 1.807) is 0 Å². The zero-order valence-corrected chi connectivity index (χ0v) is 18.3. The van der Waals surface area contributed by atoms with Crippen molar-refractivity contribution in [2.45, 2.75) is 77.3 Å². The Kier molecular flexibility index (Phi) is 4.58. The van der Waals surface area contributed by atoms with Gasteiger partial charge in [-0.05, 0) is 69.7 Å². The Labute approximate surface area is 178 Å². The first-order valence-electron chi connectivity index (χ1n) is 11.3. The molecule has 1 saturated carbocycles. The lowest BCUT2D eigenvalue weighted by atomic mass is 9.86. The highest BCUT2D eigenvalue weighted by atomic mass is 15.0. The Morgan fingerprint density at radius 1 is 1.13 bits per heavy atom. The molecule has 0 amide bonds. The number of hydrogen-bond acceptors (Lipinski definition) is 3. The fraction of sp³-hybridized carbons (Fsp3) is 0.462. The molecule has 1 fully saturated rings. The minimum atomic E-state index is 0.0918. The lowest BCUT2D eigenvalue weighted by molar-refractivity contribution is 0.361. The normalized spacial score (nSPS) is 18.6. The zero-order valence-electron chi connectivity index (χ0n) is 18.3. The number of fused-ring (bicyclic) bond motifs is 2. The Bertz CT molecular complexity index is 1160. The predicted octanol–water partition coefficient (Wildman–Crippen LogP) is 6.53. The molecule has 1 aliphatic carbocycles.